The van der Waals surface area contributed by atoms with Crippen LogP contribution in [0.25, 0.3) is 0 Å². The van der Waals surface area contributed by atoms with Crippen molar-refractivity contribution in [3.8, 4) is 0 Å². The van der Waals surface area contributed by atoms with Gasteiger partial charge in [0.2, 0.25) is 15.9 Å². The third-order valence-electron chi connectivity index (χ3n) is 2.33. The summed E-state index contributed by atoms with van der Waals surface area (Å²) in [6, 6.07) is 5.98. The van der Waals surface area contributed by atoms with Crippen LogP contribution < -0.4 is 10.5 Å². The Balaban J connectivity index is 2.84. The number of primary amides is 1. The van der Waals surface area contributed by atoms with E-state index in [0.717, 1.165) is 0 Å². The molecule has 19 heavy (non-hydrogen) atoms. The Bertz CT molecular complexity index is 556. The maximum absolute atomic E-state index is 11.9. The van der Waals surface area contributed by atoms with E-state index < -0.39 is 27.9 Å². The van der Waals surface area contributed by atoms with Crippen LogP contribution >= 0.6 is 0 Å². The summed E-state index contributed by atoms with van der Waals surface area (Å²) < 4.78 is 25.8. The summed E-state index contributed by atoms with van der Waals surface area (Å²) in [5.74, 6) is -2.05. The van der Waals surface area contributed by atoms with Crippen molar-refractivity contribution in [1.29, 1.82) is 0 Å². The third kappa shape index (κ3) is 4.68. The Morgan fingerprint density at radius 2 is 1.84 bits per heavy atom. The van der Waals surface area contributed by atoms with Crippen LogP contribution in [0.2, 0.25) is 0 Å². The van der Waals surface area contributed by atoms with Crippen LogP contribution in [0, 0.1) is 0 Å². The molecule has 1 atom stereocenters. The average Bonchev–Trinajstić information content (AvgIpc) is 2.35. The van der Waals surface area contributed by atoms with Crippen molar-refractivity contribution >= 4 is 21.9 Å². The largest absolute Gasteiger partial charge is 0.480 e. The van der Waals surface area contributed by atoms with E-state index in [9.17, 15) is 18.0 Å². The van der Waals surface area contributed by atoms with E-state index >= 15 is 0 Å². The van der Waals surface area contributed by atoms with Crippen LogP contribution in [0.5, 0.6) is 0 Å². The number of benzene rings is 1. The molecule has 0 heterocycles. The number of hydrogen-bond acceptors (Lipinski definition) is 4. The molecule has 0 aliphatic heterocycles. The second-order valence-corrected chi connectivity index (χ2v) is 5.54. The molecule has 0 saturated carbocycles. The first-order valence-electron chi connectivity index (χ1n) is 5.41. The minimum Gasteiger partial charge on any atom is -0.480 e. The molecule has 4 N–H and O–H groups in total. The summed E-state index contributed by atoms with van der Waals surface area (Å²) in [6.07, 6.45) is -0.412. The highest BCUT2D eigenvalue weighted by Gasteiger charge is 2.25. The van der Waals surface area contributed by atoms with E-state index in [1.807, 2.05) is 4.72 Å². The fraction of sp³-hybridized carbons (Fsp3) is 0.273. The van der Waals surface area contributed by atoms with Gasteiger partial charge in [-0.3, -0.25) is 9.59 Å². The predicted molar refractivity (Wildman–Crippen MR) is 66.6 cm³/mol. The highest BCUT2D eigenvalue weighted by molar-refractivity contribution is 7.89. The van der Waals surface area contributed by atoms with E-state index in [0.29, 0.717) is 0 Å². The van der Waals surface area contributed by atoms with E-state index in [1.54, 1.807) is 6.07 Å². The number of aliphatic carboxylic acids is 1. The second-order valence-electron chi connectivity index (χ2n) is 3.83. The van der Waals surface area contributed by atoms with Gasteiger partial charge in [0.25, 0.3) is 0 Å². The molecule has 1 unspecified atom stereocenters. The highest BCUT2D eigenvalue weighted by Crippen LogP contribution is 2.09. The standard InChI is InChI=1S/C11H14N2O5S/c12-10(14)7-6-9(11(15)16)13-19(17,18)8-4-2-1-3-5-8/h1-5,9,13H,6-7H2,(H2,12,14)(H,15,16). The van der Waals surface area contributed by atoms with Crippen LogP contribution in [0.15, 0.2) is 35.2 Å². The first-order chi connectivity index (χ1) is 8.83. The Hall–Kier alpha value is -1.93. The number of carbonyl (C=O) groups is 2. The lowest BCUT2D eigenvalue weighted by molar-refractivity contribution is -0.139. The van der Waals surface area contributed by atoms with Gasteiger partial charge in [-0.15, -0.1) is 0 Å². The molecule has 1 rings (SSSR count). The van der Waals surface area contributed by atoms with Crippen LogP contribution in [-0.2, 0) is 19.6 Å². The lowest BCUT2D eigenvalue weighted by Gasteiger charge is -2.13. The van der Waals surface area contributed by atoms with Gasteiger partial charge >= 0.3 is 5.97 Å². The molecule has 7 nitrogen and oxygen atoms in total. The molecule has 8 heteroatoms. The molecular weight excluding hydrogens is 272 g/mol. The van der Waals surface area contributed by atoms with Crippen LogP contribution in [0.4, 0.5) is 0 Å². The van der Waals surface area contributed by atoms with Crippen LogP contribution in [0.1, 0.15) is 12.8 Å². The summed E-state index contributed by atoms with van der Waals surface area (Å²) in [5.41, 5.74) is 4.91. The van der Waals surface area contributed by atoms with Gasteiger partial charge in [0.15, 0.2) is 0 Å². The summed E-state index contributed by atoms with van der Waals surface area (Å²) in [7, 11) is -3.94. The minimum absolute atomic E-state index is 0.0414. The Morgan fingerprint density at radius 1 is 1.26 bits per heavy atom. The molecule has 0 saturated heterocycles. The molecule has 1 aromatic carbocycles. The highest BCUT2D eigenvalue weighted by atomic mass is 32.2. The fourth-order valence-electron chi connectivity index (χ4n) is 1.37. The van der Waals surface area contributed by atoms with Crippen molar-refractivity contribution in [2.45, 2.75) is 23.8 Å². The predicted octanol–water partition coefficient (Wildman–Crippen LogP) is -0.316. The number of carboxylic acids is 1. The van der Waals surface area contributed by atoms with E-state index in [4.69, 9.17) is 10.8 Å². The number of nitrogens with two attached hydrogens (primary N) is 1. The van der Waals surface area contributed by atoms with Crippen molar-refractivity contribution in [2.24, 2.45) is 5.73 Å². The minimum atomic E-state index is -3.94. The van der Waals surface area contributed by atoms with Gasteiger partial charge in [-0.2, -0.15) is 4.72 Å². The number of sulfonamides is 1. The molecule has 0 fully saturated rings. The number of hydrogen-bond donors (Lipinski definition) is 3. The Labute approximate surface area is 110 Å². The molecule has 0 aromatic heterocycles. The van der Waals surface area contributed by atoms with Crippen molar-refractivity contribution in [3.63, 3.8) is 0 Å². The third-order valence-corrected chi connectivity index (χ3v) is 3.82. The monoisotopic (exact) mass is 286 g/mol. The molecule has 0 aliphatic carbocycles. The number of carboxylic acid groups (broad SMARTS) is 1. The van der Waals surface area contributed by atoms with Gasteiger partial charge in [0, 0.05) is 6.42 Å². The van der Waals surface area contributed by atoms with Gasteiger partial charge in [-0.25, -0.2) is 8.42 Å². The van der Waals surface area contributed by atoms with Gasteiger partial charge in [-0.1, -0.05) is 18.2 Å². The second kappa shape index (κ2) is 6.30. The molecule has 0 spiro atoms. The zero-order chi connectivity index (χ0) is 14.5. The fourth-order valence-corrected chi connectivity index (χ4v) is 2.62. The van der Waals surface area contributed by atoms with Crippen molar-refractivity contribution in [3.05, 3.63) is 30.3 Å². The molecule has 1 amide bonds. The van der Waals surface area contributed by atoms with E-state index in [1.165, 1.54) is 24.3 Å². The number of amides is 1. The summed E-state index contributed by atoms with van der Waals surface area (Å²) in [4.78, 5) is 21.5. The smallest absolute Gasteiger partial charge is 0.321 e. The zero-order valence-corrected chi connectivity index (χ0v) is 10.8. The number of carbonyl (C=O) groups excluding carboxylic acids is 1. The van der Waals surface area contributed by atoms with Crippen LogP contribution in [-0.4, -0.2) is 31.4 Å². The molecule has 104 valence electrons. The van der Waals surface area contributed by atoms with E-state index in [-0.39, 0.29) is 17.7 Å². The SMILES string of the molecule is NC(=O)CCC(NS(=O)(=O)c1ccccc1)C(=O)O. The maximum atomic E-state index is 11.9. The molecule has 1 aromatic rings. The maximum Gasteiger partial charge on any atom is 0.321 e. The Morgan fingerprint density at radius 3 is 2.32 bits per heavy atom. The van der Waals surface area contributed by atoms with Crippen molar-refractivity contribution in [1.82, 2.24) is 4.72 Å². The number of nitrogens with one attached hydrogen (secondary N) is 1. The van der Waals surface area contributed by atoms with Crippen LogP contribution in [0.3, 0.4) is 0 Å². The lowest BCUT2D eigenvalue weighted by atomic mass is 10.2. The topological polar surface area (TPSA) is 127 Å². The van der Waals surface area contributed by atoms with Crippen molar-refractivity contribution < 1.29 is 23.1 Å². The normalized spacial score (nSPS) is 12.8. The van der Waals surface area contributed by atoms with Gasteiger partial charge in [0.05, 0.1) is 4.90 Å². The average molecular weight is 286 g/mol. The van der Waals surface area contributed by atoms with Gasteiger partial charge in [0.1, 0.15) is 6.04 Å². The van der Waals surface area contributed by atoms with Gasteiger partial charge < -0.3 is 10.8 Å². The summed E-state index contributed by atoms with van der Waals surface area (Å²) >= 11 is 0. The lowest BCUT2D eigenvalue weighted by Crippen LogP contribution is -2.41. The van der Waals surface area contributed by atoms with E-state index in [2.05, 4.69) is 0 Å². The van der Waals surface area contributed by atoms with Gasteiger partial charge in [-0.05, 0) is 18.6 Å². The number of rotatable bonds is 7. The summed E-state index contributed by atoms with van der Waals surface area (Å²) in [6.45, 7) is 0. The molecule has 0 bridgehead atoms. The molecular formula is C11H14N2O5S. The molecule has 0 radical (unpaired) electrons. The van der Waals surface area contributed by atoms with Crippen molar-refractivity contribution in [2.75, 3.05) is 0 Å². The Kier molecular flexibility index (Phi) is 5.02. The first kappa shape index (κ1) is 15.1. The quantitative estimate of drug-likeness (QED) is 0.633. The zero-order valence-electron chi connectivity index (χ0n) is 9.94. The summed E-state index contributed by atoms with van der Waals surface area (Å²) in [5, 5.41) is 8.92. The first-order valence-corrected chi connectivity index (χ1v) is 6.90. The molecule has 0 aliphatic rings.